The van der Waals surface area contributed by atoms with E-state index in [0.29, 0.717) is 55.3 Å². The first-order chi connectivity index (χ1) is 14.5. The maximum atomic E-state index is 6.14. The van der Waals surface area contributed by atoms with Crippen molar-refractivity contribution in [1.82, 2.24) is 4.98 Å². The van der Waals surface area contributed by atoms with Crippen LogP contribution in [0.15, 0.2) is 35.0 Å². The van der Waals surface area contributed by atoms with Crippen molar-refractivity contribution in [3.63, 3.8) is 0 Å². The van der Waals surface area contributed by atoms with Gasteiger partial charge in [-0.15, -0.1) is 0 Å². The highest BCUT2D eigenvalue weighted by atomic mass is 16.6. The first-order valence-corrected chi connectivity index (χ1v) is 9.67. The van der Waals surface area contributed by atoms with Crippen LogP contribution in [0.25, 0.3) is 10.8 Å². The van der Waals surface area contributed by atoms with E-state index in [1.54, 1.807) is 33.3 Å². The third-order valence-corrected chi connectivity index (χ3v) is 4.40. The molecule has 162 valence electrons. The number of methoxy groups -OCH3 is 2. The summed E-state index contributed by atoms with van der Waals surface area (Å²) in [7, 11) is 3.21. The van der Waals surface area contributed by atoms with E-state index >= 15 is 0 Å². The Morgan fingerprint density at radius 3 is 2.73 bits per heavy atom. The molecular weight excluding hydrogens is 388 g/mol. The maximum Gasteiger partial charge on any atom is 0.223 e. The van der Waals surface area contributed by atoms with Crippen LogP contribution < -0.4 is 25.7 Å². The van der Waals surface area contributed by atoms with Crippen LogP contribution >= 0.6 is 0 Å². The fourth-order valence-corrected chi connectivity index (χ4v) is 3.03. The summed E-state index contributed by atoms with van der Waals surface area (Å²) in [5, 5.41) is 1.60. The van der Waals surface area contributed by atoms with E-state index in [9.17, 15) is 0 Å². The number of hydrogen-bond donors (Lipinski definition) is 2. The fourth-order valence-electron chi connectivity index (χ4n) is 3.03. The Morgan fingerprint density at radius 2 is 2.07 bits per heavy atom. The Kier molecular flexibility index (Phi) is 7.31. The van der Waals surface area contributed by atoms with E-state index in [0.717, 1.165) is 17.2 Å². The van der Waals surface area contributed by atoms with E-state index in [-0.39, 0.29) is 11.9 Å². The molecule has 1 aliphatic rings. The van der Waals surface area contributed by atoms with Crippen LogP contribution in [0.2, 0.25) is 0 Å². The number of benzene rings is 1. The van der Waals surface area contributed by atoms with Gasteiger partial charge in [-0.25, -0.2) is 4.99 Å². The zero-order chi connectivity index (χ0) is 21.5. The molecule has 4 N–H and O–H groups in total. The molecule has 1 aromatic heterocycles. The van der Waals surface area contributed by atoms with Gasteiger partial charge in [-0.2, -0.15) is 4.98 Å². The summed E-state index contributed by atoms with van der Waals surface area (Å²) in [6, 6.07) is 5.51. The van der Waals surface area contributed by atoms with Crippen LogP contribution in [0.4, 0.5) is 5.82 Å². The Balaban J connectivity index is 2.07. The summed E-state index contributed by atoms with van der Waals surface area (Å²) >= 11 is 0. The summed E-state index contributed by atoms with van der Waals surface area (Å²) in [6.07, 6.45) is 2.29. The highest BCUT2D eigenvalue weighted by Crippen LogP contribution is 2.38. The van der Waals surface area contributed by atoms with Crippen molar-refractivity contribution in [3.05, 3.63) is 30.0 Å². The van der Waals surface area contributed by atoms with Gasteiger partial charge in [0.1, 0.15) is 18.5 Å². The predicted octanol–water partition coefficient (Wildman–Crippen LogP) is 2.29. The summed E-state index contributed by atoms with van der Waals surface area (Å²) in [4.78, 5) is 8.92. The second kappa shape index (κ2) is 10.1. The van der Waals surface area contributed by atoms with Crippen molar-refractivity contribution in [2.45, 2.75) is 19.4 Å². The number of fused-ring (bicyclic) bond motifs is 1. The van der Waals surface area contributed by atoms with E-state index in [1.165, 1.54) is 0 Å². The number of hydrogen-bond acceptors (Lipinski definition) is 8. The molecule has 30 heavy (non-hydrogen) atoms. The lowest BCUT2D eigenvalue weighted by molar-refractivity contribution is 0.139. The number of nitrogens with zero attached hydrogens (tertiary/aromatic N) is 2. The van der Waals surface area contributed by atoms with Crippen molar-refractivity contribution >= 4 is 22.4 Å². The second-order valence-corrected chi connectivity index (χ2v) is 6.88. The average Bonchev–Trinajstić information content (AvgIpc) is 3.20. The van der Waals surface area contributed by atoms with Gasteiger partial charge in [-0.05, 0) is 36.6 Å². The lowest BCUT2D eigenvalue weighted by atomic mass is 10.1. The molecule has 1 aliphatic heterocycles. The quantitative estimate of drug-likeness (QED) is 0.363. The van der Waals surface area contributed by atoms with Crippen LogP contribution in [-0.2, 0) is 9.47 Å². The maximum absolute atomic E-state index is 6.14. The van der Waals surface area contributed by atoms with Gasteiger partial charge < -0.3 is 35.2 Å². The molecule has 0 aliphatic carbocycles. The number of rotatable bonds is 9. The topological polar surface area (TPSA) is 123 Å². The van der Waals surface area contributed by atoms with E-state index in [2.05, 4.69) is 9.98 Å². The fraction of sp³-hybridized carbons (Fsp3) is 0.429. The minimum Gasteiger partial charge on any atom is -0.493 e. The molecule has 0 saturated carbocycles. The number of nitrogens with two attached hydrogens (primary N) is 2. The van der Waals surface area contributed by atoms with Gasteiger partial charge in [0.2, 0.25) is 5.88 Å². The number of ether oxygens (including phenoxy) is 5. The molecular formula is C21H28N4O5. The number of aromatic nitrogens is 1. The van der Waals surface area contributed by atoms with Gasteiger partial charge in [-0.1, -0.05) is 0 Å². The van der Waals surface area contributed by atoms with Crippen molar-refractivity contribution in [2.24, 2.45) is 16.5 Å². The Hall–Kier alpha value is -3.04. The van der Waals surface area contributed by atoms with Crippen LogP contribution in [0, 0.1) is 0 Å². The van der Waals surface area contributed by atoms with Crippen molar-refractivity contribution < 1.29 is 23.7 Å². The highest BCUT2D eigenvalue weighted by molar-refractivity contribution is 5.95. The van der Waals surface area contributed by atoms with E-state index in [1.807, 2.05) is 12.1 Å². The van der Waals surface area contributed by atoms with Gasteiger partial charge in [0, 0.05) is 24.6 Å². The molecule has 0 amide bonds. The number of allylic oxidation sites excluding steroid dienone is 1. The van der Waals surface area contributed by atoms with Gasteiger partial charge in [-0.3, -0.25) is 0 Å². The number of aliphatic imine (C=N–C) groups is 1. The SMILES string of the molecule is COCCOc1cc2c(OC3CCOC3)nc(/N=C(N)\C=C(\C)N)cc2cc1OC. The number of pyridine rings is 1. The lowest BCUT2D eigenvalue weighted by Gasteiger charge is -2.16. The standard InChI is InChI=1S/C21H28N4O5/c1-13(22)8-19(23)24-20-10-14-9-17(27-3)18(29-7-6-26-2)11-16(14)21(25-20)30-15-4-5-28-12-15/h8-11,15H,4-7,12,22H2,1-3H3,(H2,23,24,25)/b13-8-. The van der Waals surface area contributed by atoms with Crippen LogP contribution in [0.3, 0.4) is 0 Å². The number of amidine groups is 1. The molecule has 1 saturated heterocycles. The molecule has 1 atom stereocenters. The minimum atomic E-state index is -0.0802. The van der Waals surface area contributed by atoms with Crippen molar-refractivity contribution in [1.29, 1.82) is 0 Å². The summed E-state index contributed by atoms with van der Waals surface area (Å²) in [5.74, 6) is 2.25. The molecule has 1 fully saturated rings. The summed E-state index contributed by atoms with van der Waals surface area (Å²) in [6.45, 7) is 3.76. The Labute approximate surface area is 175 Å². The smallest absolute Gasteiger partial charge is 0.223 e. The van der Waals surface area contributed by atoms with Gasteiger partial charge in [0.15, 0.2) is 17.3 Å². The molecule has 9 heteroatoms. The van der Waals surface area contributed by atoms with Crippen molar-refractivity contribution in [3.8, 4) is 17.4 Å². The molecule has 2 aromatic rings. The van der Waals surface area contributed by atoms with Gasteiger partial charge in [0.05, 0.1) is 26.9 Å². The molecule has 0 bridgehead atoms. The molecule has 0 spiro atoms. The molecule has 1 unspecified atom stereocenters. The zero-order valence-corrected chi connectivity index (χ0v) is 17.5. The zero-order valence-electron chi connectivity index (χ0n) is 17.5. The average molecular weight is 416 g/mol. The van der Waals surface area contributed by atoms with Crippen LogP contribution in [0.1, 0.15) is 13.3 Å². The second-order valence-electron chi connectivity index (χ2n) is 6.88. The third-order valence-electron chi connectivity index (χ3n) is 4.40. The summed E-state index contributed by atoms with van der Waals surface area (Å²) < 4.78 is 27.9. The first kappa shape index (κ1) is 21.7. The molecule has 9 nitrogen and oxygen atoms in total. The highest BCUT2D eigenvalue weighted by Gasteiger charge is 2.21. The lowest BCUT2D eigenvalue weighted by Crippen LogP contribution is -2.17. The Morgan fingerprint density at radius 1 is 1.23 bits per heavy atom. The predicted molar refractivity (Wildman–Crippen MR) is 115 cm³/mol. The van der Waals surface area contributed by atoms with Crippen molar-refractivity contribution in [2.75, 3.05) is 40.6 Å². The molecule has 1 aromatic carbocycles. The third kappa shape index (κ3) is 5.52. The van der Waals surface area contributed by atoms with Gasteiger partial charge >= 0.3 is 0 Å². The summed E-state index contributed by atoms with van der Waals surface area (Å²) in [5.41, 5.74) is 12.2. The van der Waals surface area contributed by atoms with Gasteiger partial charge in [0.25, 0.3) is 0 Å². The Bertz CT molecular complexity index is 935. The molecule has 3 rings (SSSR count). The normalized spacial score (nSPS) is 17.4. The van der Waals surface area contributed by atoms with E-state index < -0.39 is 0 Å². The van der Waals surface area contributed by atoms with Crippen LogP contribution in [-0.4, -0.2) is 57.6 Å². The minimum absolute atomic E-state index is 0.0802. The first-order valence-electron chi connectivity index (χ1n) is 9.67. The largest absolute Gasteiger partial charge is 0.493 e. The monoisotopic (exact) mass is 416 g/mol. The van der Waals surface area contributed by atoms with Crippen LogP contribution in [0.5, 0.6) is 17.4 Å². The molecule has 2 heterocycles. The molecule has 0 radical (unpaired) electrons. The van der Waals surface area contributed by atoms with E-state index in [4.69, 9.17) is 35.2 Å².